The standard InChI is InChI=1S/C19H20N4O3S/c1-26-15-8-4-13(5-9-15)18(24)20-10-11-22-19(25)23(14-6-7-14)17(21-22)16-3-2-12-27-16/h2-5,8-9,12,14H,6-7,10-11H2,1H3,(H,20,24). The zero-order valence-electron chi connectivity index (χ0n) is 14.9. The molecule has 0 radical (unpaired) electrons. The van der Waals surface area contributed by atoms with Gasteiger partial charge in [-0.1, -0.05) is 6.07 Å². The van der Waals surface area contributed by atoms with Gasteiger partial charge in [0.05, 0.1) is 18.5 Å². The fourth-order valence-electron chi connectivity index (χ4n) is 2.92. The number of hydrogen-bond donors (Lipinski definition) is 1. The van der Waals surface area contributed by atoms with Gasteiger partial charge in [0.15, 0.2) is 5.82 Å². The average molecular weight is 384 g/mol. The number of nitrogens with zero attached hydrogens (tertiary/aromatic N) is 3. The first-order valence-electron chi connectivity index (χ1n) is 8.83. The highest BCUT2D eigenvalue weighted by atomic mass is 32.1. The first-order chi connectivity index (χ1) is 13.2. The van der Waals surface area contributed by atoms with Crippen molar-refractivity contribution >= 4 is 17.2 Å². The molecule has 2 heterocycles. The van der Waals surface area contributed by atoms with E-state index in [4.69, 9.17) is 4.74 Å². The lowest BCUT2D eigenvalue weighted by molar-refractivity contribution is 0.0951. The van der Waals surface area contributed by atoms with Crippen molar-refractivity contribution in [3.8, 4) is 16.5 Å². The third-order valence-electron chi connectivity index (χ3n) is 4.49. The summed E-state index contributed by atoms with van der Waals surface area (Å²) >= 11 is 1.57. The van der Waals surface area contributed by atoms with Crippen molar-refractivity contribution < 1.29 is 9.53 Å². The Morgan fingerprint density at radius 1 is 1.30 bits per heavy atom. The van der Waals surface area contributed by atoms with E-state index in [1.807, 2.05) is 17.5 Å². The van der Waals surface area contributed by atoms with E-state index in [1.165, 1.54) is 4.68 Å². The zero-order chi connectivity index (χ0) is 18.8. The second kappa shape index (κ2) is 7.40. The van der Waals surface area contributed by atoms with Crippen LogP contribution in [0.3, 0.4) is 0 Å². The van der Waals surface area contributed by atoms with Crippen molar-refractivity contribution in [2.75, 3.05) is 13.7 Å². The normalized spacial score (nSPS) is 13.5. The Morgan fingerprint density at radius 2 is 2.07 bits per heavy atom. The predicted octanol–water partition coefficient (Wildman–Crippen LogP) is 2.55. The highest BCUT2D eigenvalue weighted by molar-refractivity contribution is 7.13. The average Bonchev–Trinajstić information content (AvgIpc) is 3.26. The molecule has 27 heavy (non-hydrogen) atoms. The number of carbonyl (C=O) groups excluding carboxylic acids is 1. The number of benzene rings is 1. The van der Waals surface area contributed by atoms with Crippen molar-refractivity contribution in [1.82, 2.24) is 19.7 Å². The molecule has 4 rings (SSSR count). The van der Waals surface area contributed by atoms with Crippen LogP contribution in [0.4, 0.5) is 0 Å². The fourth-order valence-corrected chi connectivity index (χ4v) is 3.63. The lowest BCUT2D eigenvalue weighted by atomic mass is 10.2. The molecule has 0 saturated heterocycles. The van der Waals surface area contributed by atoms with Crippen LogP contribution in [0.5, 0.6) is 5.75 Å². The maximum atomic E-state index is 12.7. The molecule has 0 aliphatic heterocycles. The summed E-state index contributed by atoms with van der Waals surface area (Å²) in [6, 6.07) is 11.1. The van der Waals surface area contributed by atoms with E-state index in [2.05, 4.69) is 10.4 Å². The van der Waals surface area contributed by atoms with Crippen LogP contribution in [0.15, 0.2) is 46.6 Å². The Labute approximate surface area is 160 Å². The van der Waals surface area contributed by atoms with Gasteiger partial charge in [0, 0.05) is 18.2 Å². The zero-order valence-corrected chi connectivity index (χ0v) is 15.7. The van der Waals surface area contributed by atoms with Gasteiger partial charge >= 0.3 is 5.69 Å². The molecule has 1 aliphatic rings. The van der Waals surface area contributed by atoms with Crippen molar-refractivity contribution in [2.45, 2.75) is 25.4 Å². The third kappa shape index (κ3) is 3.66. The number of carbonyl (C=O) groups is 1. The smallest absolute Gasteiger partial charge is 0.346 e. The van der Waals surface area contributed by atoms with E-state index in [0.717, 1.165) is 23.5 Å². The first-order valence-corrected chi connectivity index (χ1v) is 9.71. The number of thiophene rings is 1. The van der Waals surface area contributed by atoms with Crippen LogP contribution in [-0.2, 0) is 6.54 Å². The third-order valence-corrected chi connectivity index (χ3v) is 5.35. The molecule has 1 N–H and O–H groups in total. The highest BCUT2D eigenvalue weighted by Gasteiger charge is 2.30. The van der Waals surface area contributed by atoms with Crippen LogP contribution in [-0.4, -0.2) is 33.9 Å². The minimum absolute atomic E-state index is 0.111. The molecule has 7 nitrogen and oxygen atoms in total. The largest absolute Gasteiger partial charge is 0.497 e. The quantitative estimate of drug-likeness (QED) is 0.679. The molecular weight excluding hydrogens is 364 g/mol. The molecule has 8 heteroatoms. The van der Waals surface area contributed by atoms with Crippen molar-refractivity contribution in [2.24, 2.45) is 0 Å². The molecule has 1 saturated carbocycles. The number of nitrogens with one attached hydrogen (secondary N) is 1. The Balaban J connectivity index is 1.44. The summed E-state index contributed by atoms with van der Waals surface area (Å²) < 4.78 is 8.32. The van der Waals surface area contributed by atoms with E-state index in [9.17, 15) is 9.59 Å². The van der Waals surface area contributed by atoms with Crippen LogP contribution in [0, 0.1) is 0 Å². The molecule has 0 bridgehead atoms. The van der Waals surface area contributed by atoms with Crippen LogP contribution >= 0.6 is 11.3 Å². The van der Waals surface area contributed by atoms with Crippen molar-refractivity contribution in [3.05, 3.63) is 57.8 Å². The molecule has 1 amide bonds. The van der Waals surface area contributed by atoms with E-state index in [0.29, 0.717) is 24.4 Å². The Hall–Kier alpha value is -2.87. The van der Waals surface area contributed by atoms with Crippen LogP contribution in [0.2, 0.25) is 0 Å². The SMILES string of the molecule is COc1ccc(C(=O)NCCn2nc(-c3cccs3)n(C3CC3)c2=O)cc1. The summed E-state index contributed by atoms with van der Waals surface area (Å²) in [5.74, 6) is 1.23. The van der Waals surface area contributed by atoms with E-state index in [-0.39, 0.29) is 17.6 Å². The molecule has 2 aromatic heterocycles. The summed E-state index contributed by atoms with van der Waals surface area (Å²) in [5.41, 5.74) is 0.436. The Morgan fingerprint density at radius 3 is 2.70 bits per heavy atom. The maximum Gasteiger partial charge on any atom is 0.346 e. The molecular formula is C19H20N4O3S. The summed E-state index contributed by atoms with van der Waals surface area (Å²) in [4.78, 5) is 25.9. The predicted molar refractivity (Wildman–Crippen MR) is 103 cm³/mol. The molecule has 1 fully saturated rings. The molecule has 140 valence electrons. The summed E-state index contributed by atoms with van der Waals surface area (Å²) in [6.07, 6.45) is 2.02. The van der Waals surface area contributed by atoms with E-state index < -0.39 is 0 Å². The lowest BCUT2D eigenvalue weighted by Crippen LogP contribution is -2.32. The molecule has 0 atom stereocenters. The lowest BCUT2D eigenvalue weighted by Gasteiger charge is -2.06. The topological polar surface area (TPSA) is 78.2 Å². The van der Waals surface area contributed by atoms with Gasteiger partial charge in [0.2, 0.25) is 0 Å². The number of aromatic nitrogens is 3. The van der Waals surface area contributed by atoms with Gasteiger partial charge < -0.3 is 10.1 Å². The molecule has 0 unspecified atom stereocenters. The van der Waals surface area contributed by atoms with Gasteiger partial charge in [-0.25, -0.2) is 9.48 Å². The number of rotatable bonds is 7. The molecule has 3 aromatic rings. The summed E-state index contributed by atoms with van der Waals surface area (Å²) in [7, 11) is 1.58. The number of hydrogen-bond acceptors (Lipinski definition) is 5. The fraction of sp³-hybridized carbons (Fsp3) is 0.316. The Bertz CT molecular complexity index is 985. The van der Waals surface area contributed by atoms with Gasteiger partial charge in [0.1, 0.15) is 5.75 Å². The summed E-state index contributed by atoms with van der Waals surface area (Å²) in [6.45, 7) is 0.662. The number of methoxy groups -OCH3 is 1. The van der Waals surface area contributed by atoms with Gasteiger partial charge in [0.25, 0.3) is 5.91 Å². The van der Waals surface area contributed by atoms with E-state index >= 15 is 0 Å². The highest BCUT2D eigenvalue weighted by Crippen LogP contribution is 2.37. The molecule has 0 spiro atoms. The first kappa shape index (κ1) is 17.5. The maximum absolute atomic E-state index is 12.7. The van der Waals surface area contributed by atoms with Gasteiger partial charge in [-0.15, -0.1) is 16.4 Å². The number of amides is 1. The second-order valence-electron chi connectivity index (χ2n) is 6.39. The molecule has 1 aliphatic carbocycles. The minimum atomic E-state index is -0.189. The summed E-state index contributed by atoms with van der Waals surface area (Å²) in [5, 5.41) is 9.33. The Kier molecular flexibility index (Phi) is 4.81. The van der Waals surface area contributed by atoms with Crippen LogP contribution in [0.1, 0.15) is 29.2 Å². The van der Waals surface area contributed by atoms with Crippen LogP contribution in [0.25, 0.3) is 10.7 Å². The van der Waals surface area contributed by atoms with Crippen molar-refractivity contribution in [1.29, 1.82) is 0 Å². The van der Waals surface area contributed by atoms with Crippen molar-refractivity contribution in [3.63, 3.8) is 0 Å². The second-order valence-corrected chi connectivity index (χ2v) is 7.34. The van der Waals surface area contributed by atoms with Crippen LogP contribution < -0.4 is 15.7 Å². The molecule has 1 aromatic carbocycles. The van der Waals surface area contributed by atoms with Gasteiger partial charge in [-0.3, -0.25) is 9.36 Å². The van der Waals surface area contributed by atoms with E-state index in [1.54, 1.807) is 47.3 Å². The number of ether oxygens (including phenoxy) is 1. The minimum Gasteiger partial charge on any atom is -0.497 e. The van der Waals surface area contributed by atoms with Gasteiger partial charge in [-0.2, -0.15) is 0 Å². The van der Waals surface area contributed by atoms with Gasteiger partial charge in [-0.05, 0) is 48.6 Å². The monoisotopic (exact) mass is 384 g/mol.